The van der Waals surface area contributed by atoms with Crippen molar-refractivity contribution in [1.82, 2.24) is 9.62 Å². The third-order valence-electron chi connectivity index (χ3n) is 5.13. The number of aryl methyl sites for hydroxylation is 1. The first kappa shape index (κ1) is 25.5. The van der Waals surface area contributed by atoms with Gasteiger partial charge >= 0.3 is 0 Å². The Labute approximate surface area is 190 Å². The van der Waals surface area contributed by atoms with E-state index < -0.39 is 10.0 Å². The van der Waals surface area contributed by atoms with Crippen LogP contribution >= 0.6 is 0 Å². The Balaban J connectivity index is 2.02. The summed E-state index contributed by atoms with van der Waals surface area (Å²) in [5.74, 6) is 1.35. The van der Waals surface area contributed by atoms with Crippen molar-refractivity contribution in [2.75, 3.05) is 33.9 Å². The molecule has 176 valence electrons. The van der Waals surface area contributed by atoms with Crippen LogP contribution in [-0.4, -0.2) is 52.5 Å². The Hall–Kier alpha value is -2.78. The Morgan fingerprint density at radius 1 is 1.00 bits per heavy atom. The number of methoxy groups -OCH3 is 2. The molecule has 0 aliphatic carbocycles. The Kier molecular flexibility index (Phi) is 8.91. The summed E-state index contributed by atoms with van der Waals surface area (Å²) >= 11 is 0. The van der Waals surface area contributed by atoms with Crippen LogP contribution in [0.15, 0.2) is 41.3 Å². The molecule has 2 rings (SSSR count). The summed E-state index contributed by atoms with van der Waals surface area (Å²) < 4.78 is 42.9. The van der Waals surface area contributed by atoms with Gasteiger partial charge in [-0.3, -0.25) is 4.79 Å². The van der Waals surface area contributed by atoms with Crippen LogP contribution in [0.25, 0.3) is 0 Å². The molecule has 1 atom stereocenters. The standard InChI is InChI=1S/C23H32N2O6S/c1-7-25(8-2)32(27,28)19-10-12-20(16(3)13-19)31-15-23(26)24-17(4)18-9-11-21(29-5)22(14-18)30-6/h9-14,17H,7-8,15H2,1-6H3,(H,24,26)/t17-/m0/s1. The van der Waals surface area contributed by atoms with E-state index in [1.807, 2.05) is 19.1 Å². The fraction of sp³-hybridized carbons (Fsp3) is 0.435. The normalized spacial score (nSPS) is 12.3. The number of hydrogen-bond donors (Lipinski definition) is 1. The molecule has 0 aliphatic heterocycles. The molecule has 2 aromatic carbocycles. The van der Waals surface area contributed by atoms with Crippen LogP contribution in [0.3, 0.4) is 0 Å². The molecular weight excluding hydrogens is 432 g/mol. The van der Waals surface area contributed by atoms with Crippen molar-refractivity contribution in [3.8, 4) is 17.2 Å². The highest BCUT2D eigenvalue weighted by atomic mass is 32.2. The highest BCUT2D eigenvalue weighted by Crippen LogP contribution is 2.30. The first-order valence-electron chi connectivity index (χ1n) is 10.4. The maximum absolute atomic E-state index is 12.7. The second-order valence-electron chi connectivity index (χ2n) is 7.21. The minimum absolute atomic E-state index is 0.194. The van der Waals surface area contributed by atoms with Gasteiger partial charge in [-0.15, -0.1) is 0 Å². The van der Waals surface area contributed by atoms with Crippen LogP contribution in [0.2, 0.25) is 0 Å². The highest BCUT2D eigenvalue weighted by molar-refractivity contribution is 7.89. The number of rotatable bonds is 11. The number of nitrogens with zero attached hydrogens (tertiary/aromatic N) is 1. The Morgan fingerprint density at radius 3 is 2.19 bits per heavy atom. The summed E-state index contributed by atoms with van der Waals surface area (Å²) in [7, 11) is -0.432. The predicted molar refractivity (Wildman–Crippen MR) is 123 cm³/mol. The van der Waals surface area contributed by atoms with E-state index in [0.29, 0.717) is 35.9 Å². The summed E-state index contributed by atoms with van der Waals surface area (Å²) in [5.41, 5.74) is 1.50. The predicted octanol–water partition coefficient (Wildman–Crippen LogP) is 3.30. The van der Waals surface area contributed by atoms with Crippen LogP contribution in [0.5, 0.6) is 17.2 Å². The molecule has 1 amide bonds. The maximum Gasteiger partial charge on any atom is 0.258 e. The largest absolute Gasteiger partial charge is 0.493 e. The number of nitrogens with one attached hydrogen (secondary N) is 1. The monoisotopic (exact) mass is 464 g/mol. The molecule has 0 unspecified atom stereocenters. The molecular formula is C23H32N2O6S. The molecule has 0 saturated carbocycles. The van der Waals surface area contributed by atoms with Crippen molar-refractivity contribution in [3.05, 3.63) is 47.5 Å². The van der Waals surface area contributed by atoms with Gasteiger partial charge in [-0.2, -0.15) is 4.31 Å². The minimum atomic E-state index is -3.55. The van der Waals surface area contributed by atoms with Crippen LogP contribution in [0, 0.1) is 6.92 Å². The van der Waals surface area contributed by atoms with Gasteiger partial charge in [-0.25, -0.2) is 8.42 Å². The minimum Gasteiger partial charge on any atom is -0.493 e. The van der Waals surface area contributed by atoms with Gasteiger partial charge in [0.25, 0.3) is 5.91 Å². The number of carbonyl (C=O) groups excluding carboxylic acids is 1. The van der Waals surface area contributed by atoms with Crippen molar-refractivity contribution in [1.29, 1.82) is 0 Å². The average molecular weight is 465 g/mol. The van der Waals surface area contributed by atoms with Crippen molar-refractivity contribution in [2.45, 2.75) is 38.6 Å². The fourth-order valence-corrected chi connectivity index (χ4v) is 4.83. The molecule has 2 aromatic rings. The van der Waals surface area contributed by atoms with Gasteiger partial charge in [0.15, 0.2) is 18.1 Å². The second-order valence-corrected chi connectivity index (χ2v) is 9.15. The lowest BCUT2D eigenvalue weighted by Gasteiger charge is -2.19. The average Bonchev–Trinajstić information content (AvgIpc) is 2.78. The van der Waals surface area contributed by atoms with Crippen LogP contribution < -0.4 is 19.5 Å². The summed E-state index contributed by atoms with van der Waals surface area (Å²) in [4.78, 5) is 12.6. The number of hydrogen-bond acceptors (Lipinski definition) is 6. The molecule has 9 heteroatoms. The van der Waals surface area contributed by atoms with Crippen molar-refractivity contribution < 1.29 is 27.4 Å². The van der Waals surface area contributed by atoms with Crippen molar-refractivity contribution in [3.63, 3.8) is 0 Å². The molecule has 0 spiro atoms. The molecule has 32 heavy (non-hydrogen) atoms. The highest BCUT2D eigenvalue weighted by Gasteiger charge is 2.22. The van der Waals surface area contributed by atoms with Crippen LogP contribution in [-0.2, 0) is 14.8 Å². The first-order valence-corrected chi connectivity index (χ1v) is 11.9. The van der Waals surface area contributed by atoms with E-state index in [-0.39, 0.29) is 23.5 Å². The lowest BCUT2D eigenvalue weighted by atomic mass is 10.1. The molecule has 0 heterocycles. The van der Waals surface area contributed by atoms with E-state index in [9.17, 15) is 13.2 Å². The van der Waals surface area contributed by atoms with Gasteiger partial charge < -0.3 is 19.5 Å². The fourth-order valence-electron chi connectivity index (χ4n) is 3.29. The topological polar surface area (TPSA) is 94.2 Å². The van der Waals surface area contributed by atoms with E-state index in [1.165, 1.54) is 10.4 Å². The molecule has 0 saturated heterocycles. The summed E-state index contributed by atoms with van der Waals surface area (Å²) in [6.07, 6.45) is 0. The third kappa shape index (κ3) is 5.92. The number of amides is 1. The molecule has 0 fully saturated rings. The van der Waals surface area contributed by atoms with Gasteiger partial charge in [0.2, 0.25) is 10.0 Å². The van der Waals surface area contributed by atoms with E-state index in [1.54, 1.807) is 53.2 Å². The van der Waals surface area contributed by atoms with E-state index in [0.717, 1.165) is 5.56 Å². The van der Waals surface area contributed by atoms with Gasteiger partial charge in [-0.1, -0.05) is 19.9 Å². The lowest BCUT2D eigenvalue weighted by molar-refractivity contribution is -0.123. The molecule has 0 aliphatic rings. The Morgan fingerprint density at radius 2 is 1.62 bits per heavy atom. The molecule has 8 nitrogen and oxygen atoms in total. The molecule has 1 N–H and O–H groups in total. The van der Waals surface area contributed by atoms with E-state index >= 15 is 0 Å². The zero-order valence-electron chi connectivity index (χ0n) is 19.5. The van der Waals surface area contributed by atoms with Gasteiger partial charge in [0.05, 0.1) is 25.2 Å². The zero-order valence-corrected chi connectivity index (χ0v) is 20.3. The van der Waals surface area contributed by atoms with E-state index in [4.69, 9.17) is 14.2 Å². The van der Waals surface area contributed by atoms with Crippen LogP contribution in [0.4, 0.5) is 0 Å². The number of carbonyl (C=O) groups is 1. The zero-order chi connectivity index (χ0) is 23.9. The van der Waals surface area contributed by atoms with Crippen LogP contribution in [0.1, 0.15) is 37.9 Å². The smallest absolute Gasteiger partial charge is 0.258 e. The van der Waals surface area contributed by atoms with Gasteiger partial charge in [0.1, 0.15) is 5.75 Å². The number of benzene rings is 2. The summed E-state index contributed by atoms with van der Waals surface area (Å²) in [5, 5.41) is 2.88. The van der Waals surface area contributed by atoms with Gasteiger partial charge in [0, 0.05) is 13.1 Å². The number of sulfonamides is 1. The molecule has 0 bridgehead atoms. The third-order valence-corrected chi connectivity index (χ3v) is 7.18. The van der Waals surface area contributed by atoms with Crippen molar-refractivity contribution >= 4 is 15.9 Å². The SMILES string of the molecule is CCN(CC)S(=O)(=O)c1ccc(OCC(=O)N[C@@H](C)c2ccc(OC)c(OC)c2)c(C)c1. The first-order chi connectivity index (χ1) is 15.2. The number of ether oxygens (including phenoxy) is 3. The molecule has 0 aromatic heterocycles. The summed E-state index contributed by atoms with van der Waals surface area (Å²) in [6.45, 7) is 7.81. The lowest BCUT2D eigenvalue weighted by Crippen LogP contribution is -2.31. The second kappa shape index (κ2) is 11.2. The van der Waals surface area contributed by atoms with Gasteiger partial charge in [-0.05, 0) is 55.3 Å². The maximum atomic E-state index is 12.7. The van der Waals surface area contributed by atoms with E-state index in [2.05, 4.69) is 5.32 Å². The quantitative estimate of drug-likeness (QED) is 0.548. The van der Waals surface area contributed by atoms with Crippen molar-refractivity contribution in [2.24, 2.45) is 0 Å². The Bertz CT molecular complexity index is 1030. The molecule has 0 radical (unpaired) electrons. The summed E-state index contributed by atoms with van der Waals surface area (Å²) in [6, 6.07) is 9.82.